The van der Waals surface area contributed by atoms with E-state index in [0.717, 1.165) is 11.4 Å². The SMILES string of the molecule is CN1CN=C(c2ccc(OCC(O)CNCCOc3ccc(O)c(C(N)=O)c3)cc2)N1. The van der Waals surface area contributed by atoms with Crippen LogP contribution in [0.15, 0.2) is 47.5 Å². The molecule has 166 valence electrons. The molecule has 2 aromatic carbocycles. The smallest absolute Gasteiger partial charge is 0.252 e. The molecule has 10 nitrogen and oxygen atoms in total. The maximum Gasteiger partial charge on any atom is 0.252 e. The van der Waals surface area contributed by atoms with Crippen molar-refractivity contribution in [2.24, 2.45) is 10.7 Å². The Labute approximate surface area is 180 Å². The Kier molecular flexibility index (Phi) is 7.65. The van der Waals surface area contributed by atoms with E-state index < -0.39 is 12.0 Å². The Hall–Kier alpha value is -3.34. The number of nitrogens with two attached hydrogens (primary N) is 1. The third-order valence-corrected chi connectivity index (χ3v) is 4.47. The van der Waals surface area contributed by atoms with Gasteiger partial charge >= 0.3 is 0 Å². The van der Waals surface area contributed by atoms with Crippen LogP contribution in [0.4, 0.5) is 0 Å². The molecule has 0 fully saturated rings. The predicted octanol–water partition coefficient (Wildman–Crippen LogP) is 0.0535. The number of aromatic hydroxyl groups is 1. The molecular weight excluding hydrogens is 402 g/mol. The monoisotopic (exact) mass is 429 g/mol. The number of phenols is 1. The van der Waals surface area contributed by atoms with E-state index in [2.05, 4.69) is 15.7 Å². The zero-order valence-electron chi connectivity index (χ0n) is 17.2. The maximum absolute atomic E-state index is 11.2. The average Bonchev–Trinajstić information content (AvgIpc) is 3.19. The topological polar surface area (TPSA) is 142 Å². The van der Waals surface area contributed by atoms with Crippen molar-refractivity contribution >= 4 is 11.7 Å². The van der Waals surface area contributed by atoms with Crippen molar-refractivity contribution in [2.75, 3.05) is 40.0 Å². The molecule has 0 spiro atoms. The number of aliphatic hydroxyl groups excluding tert-OH is 1. The second-order valence-corrected chi connectivity index (χ2v) is 7.04. The van der Waals surface area contributed by atoms with Gasteiger partial charge in [0.25, 0.3) is 5.91 Å². The quantitative estimate of drug-likeness (QED) is 0.316. The van der Waals surface area contributed by atoms with Crippen LogP contribution in [0, 0.1) is 0 Å². The van der Waals surface area contributed by atoms with E-state index in [4.69, 9.17) is 15.2 Å². The first-order chi connectivity index (χ1) is 14.9. The number of nitrogens with one attached hydrogen (secondary N) is 2. The first kappa shape index (κ1) is 22.3. The second-order valence-electron chi connectivity index (χ2n) is 7.04. The number of rotatable bonds is 11. The summed E-state index contributed by atoms with van der Waals surface area (Å²) in [6.45, 7) is 1.88. The fourth-order valence-corrected chi connectivity index (χ4v) is 2.86. The van der Waals surface area contributed by atoms with Crippen LogP contribution in [0.2, 0.25) is 0 Å². The standard InChI is InChI=1S/C21H27N5O5/c1-26-13-24-21(25-26)14-2-4-16(5-3-14)31-12-15(27)11-23-8-9-30-17-6-7-19(28)18(10-17)20(22)29/h2-7,10,15,23,27-28H,8-9,11-13H2,1H3,(H2,22,29)(H,24,25). The van der Waals surface area contributed by atoms with Gasteiger partial charge in [-0.2, -0.15) is 0 Å². The summed E-state index contributed by atoms with van der Waals surface area (Å²) < 4.78 is 11.1. The molecule has 2 aromatic rings. The van der Waals surface area contributed by atoms with Crippen molar-refractivity contribution in [1.82, 2.24) is 15.8 Å². The minimum absolute atomic E-state index is 0.00546. The summed E-state index contributed by atoms with van der Waals surface area (Å²) >= 11 is 0. The van der Waals surface area contributed by atoms with Crippen molar-refractivity contribution in [1.29, 1.82) is 0 Å². The summed E-state index contributed by atoms with van der Waals surface area (Å²) in [6, 6.07) is 11.8. The third kappa shape index (κ3) is 6.57. The lowest BCUT2D eigenvalue weighted by atomic mass is 10.2. The molecule has 0 bridgehead atoms. The van der Waals surface area contributed by atoms with Crippen LogP contribution >= 0.6 is 0 Å². The van der Waals surface area contributed by atoms with Crippen molar-refractivity contribution in [3.8, 4) is 17.2 Å². The molecule has 0 aromatic heterocycles. The number of carbonyl (C=O) groups excluding carboxylic acids is 1. The highest BCUT2D eigenvalue weighted by atomic mass is 16.5. The largest absolute Gasteiger partial charge is 0.507 e. The summed E-state index contributed by atoms with van der Waals surface area (Å²) in [7, 11) is 1.92. The number of ether oxygens (including phenoxy) is 2. The number of hydrogen-bond acceptors (Lipinski definition) is 9. The van der Waals surface area contributed by atoms with Crippen molar-refractivity contribution in [3.63, 3.8) is 0 Å². The molecule has 0 saturated heterocycles. The van der Waals surface area contributed by atoms with E-state index in [1.54, 1.807) is 6.07 Å². The number of hydrazine groups is 1. The summed E-state index contributed by atoms with van der Waals surface area (Å²) in [5.74, 6) is 0.989. The van der Waals surface area contributed by atoms with Crippen LogP contribution < -0.4 is 25.9 Å². The van der Waals surface area contributed by atoms with Gasteiger partial charge in [-0.05, 0) is 42.5 Å². The lowest BCUT2D eigenvalue weighted by molar-refractivity contribution is 0.0996. The van der Waals surface area contributed by atoms with Gasteiger partial charge in [-0.1, -0.05) is 0 Å². The third-order valence-electron chi connectivity index (χ3n) is 4.47. The minimum Gasteiger partial charge on any atom is -0.507 e. The first-order valence-corrected chi connectivity index (χ1v) is 9.82. The molecule has 0 saturated carbocycles. The Bertz CT molecular complexity index is 919. The summed E-state index contributed by atoms with van der Waals surface area (Å²) in [5.41, 5.74) is 9.31. The highest BCUT2D eigenvalue weighted by Gasteiger charge is 2.12. The van der Waals surface area contributed by atoms with Gasteiger partial charge in [0.2, 0.25) is 0 Å². The van der Waals surface area contributed by atoms with E-state index in [1.807, 2.05) is 36.3 Å². The number of carbonyl (C=O) groups is 1. The van der Waals surface area contributed by atoms with Crippen LogP contribution in [0.1, 0.15) is 15.9 Å². The highest BCUT2D eigenvalue weighted by Crippen LogP contribution is 2.22. The molecule has 1 amide bonds. The maximum atomic E-state index is 11.2. The summed E-state index contributed by atoms with van der Waals surface area (Å²) in [4.78, 5) is 15.6. The zero-order chi connectivity index (χ0) is 22.2. The molecule has 1 atom stereocenters. The number of primary amides is 1. The Morgan fingerprint density at radius 1 is 1.26 bits per heavy atom. The lowest BCUT2D eigenvalue weighted by Gasteiger charge is -2.14. The number of nitrogens with zero attached hydrogens (tertiary/aromatic N) is 2. The number of aliphatic imine (C=N–C) groups is 1. The van der Waals surface area contributed by atoms with E-state index in [-0.39, 0.29) is 17.9 Å². The van der Waals surface area contributed by atoms with Crippen LogP contribution in [0.25, 0.3) is 0 Å². The Morgan fingerprint density at radius 2 is 2.00 bits per heavy atom. The summed E-state index contributed by atoms with van der Waals surface area (Å²) in [6.07, 6.45) is -0.690. The fourth-order valence-electron chi connectivity index (χ4n) is 2.86. The molecule has 0 aliphatic carbocycles. The number of amides is 1. The molecule has 1 heterocycles. The second kappa shape index (κ2) is 10.6. The van der Waals surface area contributed by atoms with E-state index in [9.17, 15) is 15.0 Å². The van der Waals surface area contributed by atoms with Gasteiger partial charge in [0.15, 0.2) is 0 Å². The van der Waals surface area contributed by atoms with E-state index in [0.29, 0.717) is 37.9 Å². The minimum atomic E-state index is -0.726. The first-order valence-electron chi connectivity index (χ1n) is 9.82. The van der Waals surface area contributed by atoms with Crippen molar-refractivity contribution < 1.29 is 24.5 Å². The zero-order valence-corrected chi connectivity index (χ0v) is 17.2. The van der Waals surface area contributed by atoms with Crippen molar-refractivity contribution in [3.05, 3.63) is 53.6 Å². The summed E-state index contributed by atoms with van der Waals surface area (Å²) in [5, 5.41) is 24.6. The molecule has 1 aliphatic rings. The lowest BCUT2D eigenvalue weighted by Crippen LogP contribution is -2.33. The number of amidine groups is 1. The fraction of sp³-hybridized carbons (Fsp3) is 0.333. The van der Waals surface area contributed by atoms with E-state index >= 15 is 0 Å². The normalized spacial score (nSPS) is 14.6. The molecule has 1 aliphatic heterocycles. The molecule has 0 radical (unpaired) electrons. The Balaban J connectivity index is 1.32. The van der Waals surface area contributed by atoms with Crippen LogP contribution in [0.5, 0.6) is 17.2 Å². The van der Waals surface area contributed by atoms with Gasteiger partial charge in [-0.15, -0.1) is 0 Å². The van der Waals surface area contributed by atoms with Gasteiger partial charge < -0.3 is 36.2 Å². The van der Waals surface area contributed by atoms with Gasteiger partial charge in [0.1, 0.15) is 49.1 Å². The van der Waals surface area contributed by atoms with E-state index in [1.165, 1.54) is 12.1 Å². The van der Waals surface area contributed by atoms with Gasteiger partial charge in [-0.25, -0.2) is 10.0 Å². The van der Waals surface area contributed by atoms with Crippen LogP contribution in [0.3, 0.4) is 0 Å². The highest BCUT2D eigenvalue weighted by molar-refractivity contribution is 5.99. The number of hydrogen-bond donors (Lipinski definition) is 5. The predicted molar refractivity (Wildman–Crippen MR) is 115 cm³/mol. The average molecular weight is 429 g/mol. The molecule has 3 rings (SSSR count). The molecule has 1 unspecified atom stereocenters. The van der Waals surface area contributed by atoms with Crippen LogP contribution in [-0.4, -0.2) is 73.1 Å². The van der Waals surface area contributed by atoms with Crippen LogP contribution in [-0.2, 0) is 0 Å². The molecule has 6 N–H and O–H groups in total. The molecular formula is C21H27N5O5. The van der Waals surface area contributed by atoms with Crippen molar-refractivity contribution in [2.45, 2.75) is 6.10 Å². The van der Waals surface area contributed by atoms with Gasteiger partial charge in [0.05, 0.1) is 5.56 Å². The van der Waals surface area contributed by atoms with Gasteiger partial charge in [0, 0.05) is 25.7 Å². The number of aliphatic hydroxyl groups is 1. The number of benzene rings is 2. The van der Waals surface area contributed by atoms with Gasteiger partial charge in [-0.3, -0.25) is 4.79 Å². The molecule has 10 heteroatoms. The molecule has 31 heavy (non-hydrogen) atoms. The Morgan fingerprint density at radius 3 is 2.68 bits per heavy atom.